The molecule has 0 aliphatic heterocycles. The first kappa shape index (κ1) is 38.1. The summed E-state index contributed by atoms with van der Waals surface area (Å²) in [5, 5.41) is 4.00. The average Bonchev–Trinajstić information content (AvgIpc) is 3.12. The van der Waals surface area contributed by atoms with Crippen LogP contribution >= 0.6 is 0 Å². The standard InChI is InChI=1S/C46H68N2/c1-7-12-13-19-35(10-4)37-26-28-38(29-27-37)42-31-30-41(44-21-14-15-22-45(42)44)34(6)24-25-40(39(32-47)17-8-2)33-48-46-23-16-20-36(11-5)43(46)18-9-3/h8,11,14,19-21,24-26,28,39,42-43,45-46,48H,2,5,7,9-10,12-13,15-18,22-23,27,29-33,47H2,1,3-4,6H3/b34-24+,35-19+,40-25+. The van der Waals surface area contributed by atoms with Gasteiger partial charge in [0.1, 0.15) is 0 Å². The van der Waals surface area contributed by atoms with Crippen LogP contribution in [0.5, 0.6) is 0 Å². The number of allylic oxidation sites excluding steroid dienone is 16. The number of unbranched alkanes of at least 4 members (excludes halogenated alkanes) is 2. The Labute approximate surface area is 295 Å². The Morgan fingerprint density at radius 2 is 1.85 bits per heavy atom. The molecule has 4 aliphatic carbocycles. The van der Waals surface area contributed by atoms with Crippen molar-refractivity contribution in [1.29, 1.82) is 0 Å². The fraction of sp³-hybridized carbons (Fsp3) is 0.565. The Morgan fingerprint density at radius 3 is 2.54 bits per heavy atom. The lowest BCUT2D eigenvalue weighted by Crippen LogP contribution is -2.40. The molecular weight excluding hydrogens is 581 g/mol. The van der Waals surface area contributed by atoms with Crippen molar-refractivity contribution in [2.24, 2.45) is 29.4 Å². The maximum absolute atomic E-state index is 6.38. The van der Waals surface area contributed by atoms with Gasteiger partial charge in [0.15, 0.2) is 0 Å². The maximum atomic E-state index is 6.38. The minimum atomic E-state index is 0.309. The SMILES string of the molecule is C=CCC(CN)/C(=C/C=C(\C)C1=C2C=CCCC2C(C2=CC=C(/C(=C/CCCC)CC)CC2)CC1)CNC1CCC=C(C=C)C1CCC. The van der Waals surface area contributed by atoms with Crippen molar-refractivity contribution in [3.05, 3.63) is 119 Å². The zero-order chi connectivity index (χ0) is 34.3. The van der Waals surface area contributed by atoms with E-state index in [0.717, 1.165) is 25.8 Å². The second-order valence-corrected chi connectivity index (χ2v) is 14.7. The highest BCUT2D eigenvalue weighted by atomic mass is 14.9. The largest absolute Gasteiger partial charge is 0.330 e. The lowest BCUT2D eigenvalue weighted by atomic mass is 9.66. The third kappa shape index (κ3) is 9.95. The van der Waals surface area contributed by atoms with Gasteiger partial charge in [-0.15, -0.1) is 6.58 Å². The van der Waals surface area contributed by atoms with Gasteiger partial charge in [0.05, 0.1) is 0 Å². The van der Waals surface area contributed by atoms with Crippen LogP contribution in [0.2, 0.25) is 0 Å². The summed E-state index contributed by atoms with van der Waals surface area (Å²) in [5.74, 6) is 2.18. The second-order valence-electron chi connectivity index (χ2n) is 14.7. The van der Waals surface area contributed by atoms with E-state index in [0.29, 0.717) is 36.3 Å². The average molecular weight is 649 g/mol. The van der Waals surface area contributed by atoms with Crippen LogP contribution in [0.1, 0.15) is 124 Å². The summed E-state index contributed by atoms with van der Waals surface area (Å²) in [7, 11) is 0. The zero-order valence-electron chi connectivity index (χ0n) is 31.2. The molecule has 0 bridgehead atoms. The van der Waals surface area contributed by atoms with E-state index in [1.807, 2.05) is 6.08 Å². The predicted molar refractivity (Wildman–Crippen MR) is 212 cm³/mol. The molecule has 3 N–H and O–H groups in total. The van der Waals surface area contributed by atoms with Crippen molar-refractivity contribution in [3.8, 4) is 0 Å². The molecular formula is C46H68N2. The molecule has 0 aromatic heterocycles. The minimum absolute atomic E-state index is 0.309. The number of fused-ring (bicyclic) bond motifs is 1. The van der Waals surface area contributed by atoms with E-state index in [1.165, 1.54) is 93.8 Å². The van der Waals surface area contributed by atoms with Gasteiger partial charge >= 0.3 is 0 Å². The molecule has 4 rings (SSSR count). The van der Waals surface area contributed by atoms with E-state index in [-0.39, 0.29) is 0 Å². The Balaban J connectivity index is 1.55. The van der Waals surface area contributed by atoms with Gasteiger partial charge in [-0.2, -0.15) is 0 Å². The first-order chi connectivity index (χ1) is 23.5. The molecule has 2 nitrogen and oxygen atoms in total. The molecule has 0 spiro atoms. The lowest BCUT2D eigenvalue weighted by molar-refractivity contribution is 0.349. The summed E-state index contributed by atoms with van der Waals surface area (Å²) in [6.45, 7) is 19.0. The van der Waals surface area contributed by atoms with Crippen LogP contribution in [0.25, 0.3) is 0 Å². The van der Waals surface area contributed by atoms with Crippen LogP contribution in [0.3, 0.4) is 0 Å². The topological polar surface area (TPSA) is 38.0 Å². The third-order valence-corrected chi connectivity index (χ3v) is 11.7. The summed E-state index contributed by atoms with van der Waals surface area (Å²) < 4.78 is 0. The Kier molecular flexibility index (Phi) is 16.0. The van der Waals surface area contributed by atoms with Crippen molar-refractivity contribution in [1.82, 2.24) is 5.32 Å². The van der Waals surface area contributed by atoms with E-state index in [4.69, 9.17) is 5.73 Å². The van der Waals surface area contributed by atoms with Gasteiger partial charge in [-0.05, 0) is 148 Å². The smallest absolute Gasteiger partial charge is 0.0173 e. The van der Waals surface area contributed by atoms with E-state index in [9.17, 15) is 0 Å². The molecule has 5 unspecified atom stereocenters. The zero-order valence-corrected chi connectivity index (χ0v) is 31.2. The Bertz CT molecular complexity index is 1340. The van der Waals surface area contributed by atoms with Crippen LogP contribution < -0.4 is 11.1 Å². The second kappa shape index (κ2) is 20.1. The number of rotatable bonds is 18. The highest BCUT2D eigenvalue weighted by Crippen LogP contribution is 2.47. The van der Waals surface area contributed by atoms with Crippen molar-refractivity contribution < 1.29 is 0 Å². The molecule has 0 saturated carbocycles. The van der Waals surface area contributed by atoms with Gasteiger partial charge < -0.3 is 11.1 Å². The van der Waals surface area contributed by atoms with Crippen LogP contribution in [-0.2, 0) is 0 Å². The first-order valence-electron chi connectivity index (χ1n) is 19.7. The van der Waals surface area contributed by atoms with Crippen molar-refractivity contribution in [2.45, 2.75) is 130 Å². The number of nitrogens with two attached hydrogens (primary N) is 1. The first-order valence-corrected chi connectivity index (χ1v) is 19.7. The molecule has 0 radical (unpaired) electrons. The molecule has 4 aliphatic rings. The van der Waals surface area contributed by atoms with Crippen molar-refractivity contribution in [2.75, 3.05) is 13.1 Å². The fourth-order valence-electron chi connectivity index (χ4n) is 8.93. The number of hydrogen-bond donors (Lipinski definition) is 2. The minimum Gasteiger partial charge on any atom is -0.330 e. The van der Waals surface area contributed by atoms with Crippen LogP contribution in [-0.4, -0.2) is 19.1 Å². The van der Waals surface area contributed by atoms with E-state index in [1.54, 1.807) is 27.9 Å². The number of hydrogen-bond acceptors (Lipinski definition) is 2. The van der Waals surface area contributed by atoms with Crippen molar-refractivity contribution >= 4 is 0 Å². The number of nitrogens with one attached hydrogen (secondary N) is 1. The Hall–Kier alpha value is -2.68. The molecule has 0 amide bonds. The van der Waals surface area contributed by atoms with Crippen LogP contribution in [0.4, 0.5) is 0 Å². The van der Waals surface area contributed by atoms with Gasteiger partial charge in [0.2, 0.25) is 0 Å². The molecule has 0 aromatic carbocycles. The van der Waals surface area contributed by atoms with Crippen molar-refractivity contribution in [3.63, 3.8) is 0 Å². The molecule has 2 heteroatoms. The lowest BCUT2D eigenvalue weighted by Gasteiger charge is -2.39. The van der Waals surface area contributed by atoms with Gasteiger partial charge in [-0.25, -0.2) is 0 Å². The normalized spacial score (nSPS) is 26.0. The predicted octanol–water partition coefficient (Wildman–Crippen LogP) is 12.1. The van der Waals surface area contributed by atoms with E-state index >= 15 is 0 Å². The molecule has 0 heterocycles. The monoisotopic (exact) mass is 649 g/mol. The summed E-state index contributed by atoms with van der Waals surface area (Å²) >= 11 is 0. The molecule has 48 heavy (non-hydrogen) atoms. The highest BCUT2D eigenvalue weighted by Gasteiger charge is 2.34. The molecule has 262 valence electrons. The summed E-state index contributed by atoms with van der Waals surface area (Å²) in [6.07, 6.45) is 41.7. The third-order valence-electron chi connectivity index (χ3n) is 11.7. The molecule has 0 saturated heterocycles. The summed E-state index contributed by atoms with van der Waals surface area (Å²) in [6, 6.07) is 0.484. The quantitative estimate of drug-likeness (QED) is 0.0881. The summed E-state index contributed by atoms with van der Waals surface area (Å²) in [4.78, 5) is 0. The van der Waals surface area contributed by atoms with E-state index in [2.05, 4.69) is 101 Å². The van der Waals surface area contributed by atoms with Gasteiger partial charge in [-0.1, -0.05) is 119 Å². The van der Waals surface area contributed by atoms with Gasteiger partial charge in [0, 0.05) is 12.6 Å². The molecule has 5 atom stereocenters. The van der Waals surface area contributed by atoms with Crippen LogP contribution in [0, 0.1) is 23.7 Å². The van der Waals surface area contributed by atoms with Gasteiger partial charge in [0.25, 0.3) is 0 Å². The molecule has 0 fully saturated rings. The Morgan fingerprint density at radius 1 is 1.00 bits per heavy atom. The fourth-order valence-corrected chi connectivity index (χ4v) is 8.93. The molecule has 0 aromatic rings. The highest BCUT2D eigenvalue weighted by molar-refractivity contribution is 5.47. The summed E-state index contributed by atoms with van der Waals surface area (Å²) in [5.41, 5.74) is 18.7. The van der Waals surface area contributed by atoms with E-state index < -0.39 is 0 Å². The van der Waals surface area contributed by atoms with Gasteiger partial charge in [-0.3, -0.25) is 0 Å². The van der Waals surface area contributed by atoms with Crippen LogP contribution in [0.15, 0.2) is 119 Å². The maximum Gasteiger partial charge on any atom is 0.0173 e.